The molecule has 2 N–H and O–H groups in total. The molecule has 0 amide bonds. The second-order valence-electron chi connectivity index (χ2n) is 7.49. The van der Waals surface area contributed by atoms with E-state index in [-0.39, 0.29) is 0 Å². The maximum atomic E-state index is 11.3. The highest BCUT2D eigenvalue weighted by Crippen LogP contribution is 2.38. The maximum Gasteiger partial charge on any atom is 0.161 e. The Morgan fingerprint density at radius 3 is 2.75 bits per heavy atom. The van der Waals surface area contributed by atoms with E-state index in [0.717, 1.165) is 24.1 Å². The smallest absolute Gasteiger partial charge is 0.161 e. The molecule has 6 heteroatoms. The van der Waals surface area contributed by atoms with Crippen LogP contribution in [0.1, 0.15) is 30.1 Å². The van der Waals surface area contributed by atoms with E-state index in [0.29, 0.717) is 50.0 Å². The molecule has 150 valence electrons. The average molecular weight is 385 g/mol. The van der Waals surface area contributed by atoms with Gasteiger partial charge in [0.2, 0.25) is 0 Å². The van der Waals surface area contributed by atoms with Gasteiger partial charge in [0.15, 0.2) is 11.5 Å². The molecule has 0 spiro atoms. The van der Waals surface area contributed by atoms with Crippen molar-refractivity contribution in [1.82, 2.24) is 4.90 Å². The molecule has 2 aromatic carbocycles. The number of fused-ring (bicyclic) bond motifs is 1. The van der Waals surface area contributed by atoms with Crippen LogP contribution in [0.15, 0.2) is 42.5 Å². The van der Waals surface area contributed by atoms with Gasteiger partial charge in [-0.3, -0.25) is 4.90 Å². The molecule has 2 heterocycles. The molecule has 2 aromatic rings. The number of benzene rings is 2. The summed E-state index contributed by atoms with van der Waals surface area (Å²) in [5, 5.41) is 22.1. The Balaban J connectivity index is 1.48. The summed E-state index contributed by atoms with van der Waals surface area (Å²) in [4.78, 5) is 2.11. The first-order valence-corrected chi connectivity index (χ1v) is 9.75. The van der Waals surface area contributed by atoms with Crippen LogP contribution in [0.5, 0.6) is 17.2 Å². The number of para-hydroxylation sites is 1. The minimum Gasteiger partial charge on any atom is -0.496 e. The summed E-state index contributed by atoms with van der Waals surface area (Å²) in [7, 11) is 1.62. The Morgan fingerprint density at radius 1 is 1.14 bits per heavy atom. The van der Waals surface area contributed by atoms with Crippen molar-refractivity contribution in [2.75, 3.05) is 40.0 Å². The Hall–Kier alpha value is -2.28. The highest BCUT2D eigenvalue weighted by molar-refractivity contribution is 5.44. The van der Waals surface area contributed by atoms with Crippen molar-refractivity contribution in [2.45, 2.75) is 24.5 Å². The Labute approximate surface area is 165 Å². The van der Waals surface area contributed by atoms with Crippen molar-refractivity contribution in [3.8, 4) is 17.2 Å². The standard InChI is InChI=1S/C22H27NO5/c1-26-19-6-3-2-5-17(19)22(25)9-4-10-23(15-22)14-18(24)16-7-8-20-21(13-16)28-12-11-27-20/h2-3,5-8,13,18,24-25H,4,9-12,14-15H2,1H3/t18-,22+/m1/s1. The lowest BCUT2D eigenvalue weighted by molar-refractivity contribution is -0.0474. The van der Waals surface area contributed by atoms with E-state index in [1.165, 1.54) is 0 Å². The molecule has 0 saturated carbocycles. The quantitative estimate of drug-likeness (QED) is 0.824. The monoisotopic (exact) mass is 385 g/mol. The van der Waals surface area contributed by atoms with Gasteiger partial charge in [0.25, 0.3) is 0 Å². The lowest BCUT2D eigenvalue weighted by atomic mass is 9.85. The first-order valence-electron chi connectivity index (χ1n) is 9.75. The Bertz CT molecular complexity index is 826. The number of rotatable bonds is 5. The van der Waals surface area contributed by atoms with Gasteiger partial charge < -0.3 is 24.4 Å². The average Bonchev–Trinajstić information content (AvgIpc) is 2.73. The van der Waals surface area contributed by atoms with Gasteiger partial charge in [0.1, 0.15) is 24.6 Å². The van der Waals surface area contributed by atoms with Crippen LogP contribution < -0.4 is 14.2 Å². The van der Waals surface area contributed by atoms with E-state index in [2.05, 4.69) is 4.90 Å². The van der Waals surface area contributed by atoms with Gasteiger partial charge >= 0.3 is 0 Å². The molecule has 0 bridgehead atoms. The zero-order chi connectivity index (χ0) is 19.6. The predicted octanol–water partition coefficient (Wildman–Crippen LogP) is 2.48. The zero-order valence-electron chi connectivity index (χ0n) is 16.1. The second-order valence-corrected chi connectivity index (χ2v) is 7.49. The number of piperidine rings is 1. The molecular weight excluding hydrogens is 358 g/mol. The number of aliphatic hydroxyl groups is 2. The maximum absolute atomic E-state index is 11.3. The molecule has 1 saturated heterocycles. The first-order chi connectivity index (χ1) is 13.6. The molecule has 0 radical (unpaired) electrons. The van der Waals surface area contributed by atoms with Gasteiger partial charge in [0, 0.05) is 18.7 Å². The molecule has 6 nitrogen and oxygen atoms in total. The summed E-state index contributed by atoms with van der Waals surface area (Å²) in [5.41, 5.74) is 0.601. The van der Waals surface area contributed by atoms with Crippen LogP contribution in [0.4, 0.5) is 0 Å². The zero-order valence-corrected chi connectivity index (χ0v) is 16.1. The van der Waals surface area contributed by atoms with E-state index in [1.807, 2.05) is 42.5 Å². The normalized spacial score (nSPS) is 23.2. The summed E-state index contributed by atoms with van der Waals surface area (Å²) in [6, 6.07) is 13.2. The van der Waals surface area contributed by atoms with Gasteiger partial charge in [-0.15, -0.1) is 0 Å². The highest BCUT2D eigenvalue weighted by atomic mass is 16.6. The predicted molar refractivity (Wildman–Crippen MR) is 105 cm³/mol. The number of ether oxygens (including phenoxy) is 3. The lowest BCUT2D eigenvalue weighted by Gasteiger charge is -2.40. The van der Waals surface area contributed by atoms with Crippen LogP contribution in [0.25, 0.3) is 0 Å². The van der Waals surface area contributed by atoms with Crippen molar-refractivity contribution >= 4 is 0 Å². The van der Waals surface area contributed by atoms with Crippen molar-refractivity contribution in [3.63, 3.8) is 0 Å². The number of aliphatic hydroxyl groups excluding tert-OH is 1. The van der Waals surface area contributed by atoms with Gasteiger partial charge in [-0.1, -0.05) is 24.3 Å². The largest absolute Gasteiger partial charge is 0.496 e. The van der Waals surface area contributed by atoms with E-state index in [1.54, 1.807) is 7.11 Å². The molecule has 0 aromatic heterocycles. The number of hydrogen-bond donors (Lipinski definition) is 2. The SMILES string of the molecule is COc1ccccc1[C@]1(O)CCCN(C[C@@H](O)c2ccc3c(c2)OCCO3)C1. The molecule has 28 heavy (non-hydrogen) atoms. The third kappa shape index (κ3) is 3.81. The number of methoxy groups -OCH3 is 1. The van der Waals surface area contributed by atoms with Gasteiger partial charge in [-0.2, -0.15) is 0 Å². The molecule has 4 rings (SSSR count). The molecule has 2 aliphatic heterocycles. The van der Waals surface area contributed by atoms with Gasteiger partial charge in [-0.25, -0.2) is 0 Å². The van der Waals surface area contributed by atoms with Crippen molar-refractivity contribution in [1.29, 1.82) is 0 Å². The molecule has 2 aliphatic rings. The third-order valence-corrected chi connectivity index (χ3v) is 5.54. The Kier molecular flexibility index (Phi) is 5.44. The molecule has 2 atom stereocenters. The minimum atomic E-state index is -0.989. The summed E-state index contributed by atoms with van der Waals surface area (Å²) in [6.45, 7) is 2.79. The van der Waals surface area contributed by atoms with Crippen LogP contribution >= 0.6 is 0 Å². The lowest BCUT2D eigenvalue weighted by Crippen LogP contribution is -2.47. The van der Waals surface area contributed by atoms with Crippen LogP contribution in [-0.2, 0) is 5.60 Å². The molecule has 0 aliphatic carbocycles. The van der Waals surface area contributed by atoms with Crippen LogP contribution in [-0.4, -0.2) is 55.1 Å². The number of nitrogens with zero attached hydrogens (tertiary/aromatic N) is 1. The van der Waals surface area contributed by atoms with Gasteiger partial charge in [-0.05, 0) is 43.1 Å². The Morgan fingerprint density at radius 2 is 1.93 bits per heavy atom. The van der Waals surface area contributed by atoms with Crippen molar-refractivity contribution < 1.29 is 24.4 Å². The second kappa shape index (κ2) is 7.99. The van der Waals surface area contributed by atoms with Gasteiger partial charge in [0.05, 0.1) is 13.2 Å². The van der Waals surface area contributed by atoms with E-state index in [9.17, 15) is 10.2 Å². The van der Waals surface area contributed by atoms with Crippen molar-refractivity contribution in [3.05, 3.63) is 53.6 Å². The summed E-state index contributed by atoms with van der Waals surface area (Å²) in [5.74, 6) is 2.08. The van der Waals surface area contributed by atoms with Crippen LogP contribution in [0, 0.1) is 0 Å². The van der Waals surface area contributed by atoms with E-state index in [4.69, 9.17) is 14.2 Å². The fraction of sp³-hybridized carbons (Fsp3) is 0.455. The molecule has 0 unspecified atom stereocenters. The van der Waals surface area contributed by atoms with Crippen LogP contribution in [0.3, 0.4) is 0 Å². The fourth-order valence-electron chi connectivity index (χ4n) is 4.15. The fourth-order valence-corrected chi connectivity index (χ4v) is 4.15. The summed E-state index contributed by atoms with van der Waals surface area (Å²) in [6.07, 6.45) is 0.850. The van der Waals surface area contributed by atoms with Crippen molar-refractivity contribution in [2.24, 2.45) is 0 Å². The van der Waals surface area contributed by atoms with E-state index < -0.39 is 11.7 Å². The number of β-amino-alcohol motifs (C(OH)–C–C–N with tert-alkyl or cyclic N) is 2. The molecule has 1 fully saturated rings. The summed E-state index contributed by atoms with van der Waals surface area (Å²) >= 11 is 0. The highest BCUT2D eigenvalue weighted by Gasteiger charge is 2.37. The third-order valence-electron chi connectivity index (χ3n) is 5.54. The number of hydrogen-bond acceptors (Lipinski definition) is 6. The minimum absolute atomic E-state index is 0.442. The van der Waals surface area contributed by atoms with Crippen LogP contribution in [0.2, 0.25) is 0 Å². The first kappa shape index (κ1) is 19.1. The van der Waals surface area contributed by atoms with E-state index >= 15 is 0 Å². The number of likely N-dealkylation sites (tertiary alicyclic amines) is 1. The summed E-state index contributed by atoms with van der Waals surface area (Å²) < 4.78 is 16.6. The molecular formula is C22H27NO5. The topological polar surface area (TPSA) is 71.4 Å².